The van der Waals surface area contributed by atoms with Crippen LogP contribution >= 0.6 is 0 Å². The molecule has 1 aliphatic heterocycles. The number of nitrogens with zero attached hydrogens (tertiary/aromatic N) is 5. The van der Waals surface area contributed by atoms with E-state index in [1.807, 2.05) is 71.6 Å². The molecule has 31 heavy (non-hydrogen) atoms. The first-order valence-electron chi connectivity index (χ1n) is 10.3. The van der Waals surface area contributed by atoms with Crippen LogP contribution in [-0.2, 0) is 0 Å². The van der Waals surface area contributed by atoms with E-state index in [1.54, 1.807) is 6.20 Å². The number of carbonyl (C=O) groups excluding carboxylic acids is 1. The van der Waals surface area contributed by atoms with Crippen LogP contribution in [0.5, 0.6) is 0 Å². The second kappa shape index (κ2) is 8.39. The molecule has 7 heteroatoms. The van der Waals surface area contributed by atoms with Crippen molar-refractivity contribution in [2.75, 3.05) is 36.4 Å². The molecule has 2 aromatic heterocycles. The minimum Gasteiger partial charge on any atom is -0.352 e. The van der Waals surface area contributed by atoms with Gasteiger partial charge < -0.3 is 15.1 Å². The van der Waals surface area contributed by atoms with Gasteiger partial charge in [0.15, 0.2) is 11.6 Å². The van der Waals surface area contributed by atoms with Gasteiger partial charge in [-0.1, -0.05) is 36.4 Å². The van der Waals surface area contributed by atoms with Crippen molar-refractivity contribution in [3.05, 3.63) is 84.6 Å². The predicted octanol–water partition coefficient (Wildman–Crippen LogP) is 3.73. The van der Waals surface area contributed by atoms with E-state index in [2.05, 4.69) is 31.5 Å². The lowest BCUT2D eigenvalue weighted by Crippen LogP contribution is -2.49. The standard InChI is InChI=1S/C24H22N6O/c31-24(20-9-8-18-5-1-2-6-19(18)17-20)30-15-13-29(14-16-30)23-11-10-22(27-28-23)26-21-7-3-4-12-25-21/h1-12,17H,13-16H2,(H,25,26,27). The van der Waals surface area contributed by atoms with Gasteiger partial charge in [0.05, 0.1) is 0 Å². The van der Waals surface area contributed by atoms with Crippen molar-refractivity contribution < 1.29 is 4.79 Å². The van der Waals surface area contributed by atoms with Crippen molar-refractivity contribution in [1.29, 1.82) is 0 Å². The molecule has 0 saturated carbocycles. The van der Waals surface area contributed by atoms with Crippen LogP contribution in [-0.4, -0.2) is 52.2 Å². The molecule has 1 N–H and O–H groups in total. The molecule has 4 aromatic rings. The van der Waals surface area contributed by atoms with Crippen molar-refractivity contribution >= 4 is 34.1 Å². The minimum atomic E-state index is 0.0754. The molecule has 0 unspecified atom stereocenters. The van der Waals surface area contributed by atoms with Crippen LogP contribution in [0.2, 0.25) is 0 Å². The number of hydrogen-bond acceptors (Lipinski definition) is 6. The lowest BCUT2D eigenvalue weighted by Gasteiger charge is -2.35. The first kappa shape index (κ1) is 19.0. The van der Waals surface area contributed by atoms with E-state index >= 15 is 0 Å². The number of anilines is 3. The zero-order chi connectivity index (χ0) is 21.0. The molecule has 0 bridgehead atoms. The Balaban J connectivity index is 1.21. The third-order valence-electron chi connectivity index (χ3n) is 5.46. The summed E-state index contributed by atoms with van der Waals surface area (Å²) in [7, 11) is 0. The Morgan fingerprint density at radius 1 is 0.774 bits per heavy atom. The fraction of sp³-hybridized carbons (Fsp3) is 0.167. The summed E-state index contributed by atoms with van der Waals surface area (Å²) in [4.78, 5) is 21.3. The first-order chi connectivity index (χ1) is 15.3. The zero-order valence-corrected chi connectivity index (χ0v) is 17.0. The Morgan fingerprint density at radius 2 is 1.58 bits per heavy atom. The van der Waals surface area contributed by atoms with Gasteiger partial charge in [-0.15, -0.1) is 10.2 Å². The second-order valence-electron chi connectivity index (χ2n) is 7.46. The van der Waals surface area contributed by atoms with Gasteiger partial charge in [-0.2, -0.15) is 0 Å². The van der Waals surface area contributed by atoms with Gasteiger partial charge >= 0.3 is 0 Å². The molecule has 7 nitrogen and oxygen atoms in total. The third-order valence-corrected chi connectivity index (χ3v) is 5.46. The summed E-state index contributed by atoms with van der Waals surface area (Å²) in [5.74, 6) is 2.26. The van der Waals surface area contributed by atoms with Crippen LogP contribution in [0.4, 0.5) is 17.5 Å². The van der Waals surface area contributed by atoms with E-state index in [0.717, 1.165) is 41.1 Å². The van der Waals surface area contributed by atoms with E-state index < -0.39 is 0 Å². The molecule has 0 spiro atoms. The van der Waals surface area contributed by atoms with E-state index in [9.17, 15) is 4.79 Å². The average molecular weight is 410 g/mol. The Kier molecular flexibility index (Phi) is 5.14. The van der Waals surface area contributed by atoms with Crippen LogP contribution in [0.3, 0.4) is 0 Å². The molecule has 3 heterocycles. The number of hydrogen-bond donors (Lipinski definition) is 1. The van der Waals surface area contributed by atoms with Gasteiger partial charge in [0.1, 0.15) is 5.82 Å². The van der Waals surface area contributed by atoms with Crippen molar-refractivity contribution in [2.24, 2.45) is 0 Å². The minimum absolute atomic E-state index is 0.0754. The summed E-state index contributed by atoms with van der Waals surface area (Å²) < 4.78 is 0. The number of fused-ring (bicyclic) bond motifs is 1. The number of aromatic nitrogens is 3. The maximum absolute atomic E-state index is 13.0. The van der Waals surface area contributed by atoms with Crippen LogP contribution in [0.1, 0.15) is 10.4 Å². The maximum Gasteiger partial charge on any atom is 0.253 e. The smallest absolute Gasteiger partial charge is 0.253 e. The predicted molar refractivity (Wildman–Crippen MR) is 122 cm³/mol. The molecular weight excluding hydrogens is 388 g/mol. The first-order valence-corrected chi connectivity index (χ1v) is 10.3. The van der Waals surface area contributed by atoms with Crippen LogP contribution in [0, 0.1) is 0 Å². The van der Waals surface area contributed by atoms with Crippen LogP contribution in [0.25, 0.3) is 10.8 Å². The van der Waals surface area contributed by atoms with Gasteiger partial charge in [0.25, 0.3) is 5.91 Å². The summed E-state index contributed by atoms with van der Waals surface area (Å²) in [6, 6.07) is 23.5. The number of pyridine rings is 1. The summed E-state index contributed by atoms with van der Waals surface area (Å²) >= 11 is 0. The molecule has 1 saturated heterocycles. The normalized spacial score (nSPS) is 13.9. The fourth-order valence-electron chi connectivity index (χ4n) is 3.77. The van der Waals surface area contributed by atoms with E-state index in [4.69, 9.17) is 0 Å². The number of carbonyl (C=O) groups is 1. The monoisotopic (exact) mass is 410 g/mol. The molecule has 1 amide bonds. The van der Waals surface area contributed by atoms with E-state index in [1.165, 1.54) is 0 Å². The molecular formula is C24H22N6O. The lowest BCUT2D eigenvalue weighted by molar-refractivity contribution is 0.0746. The molecule has 2 aromatic carbocycles. The van der Waals surface area contributed by atoms with Gasteiger partial charge in [-0.25, -0.2) is 4.98 Å². The highest BCUT2D eigenvalue weighted by molar-refractivity contribution is 5.98. The Hall–Kier alpha value is -4.00. The summed E-state index contributed by atoms with van der Waals surface area (Å²) in [5.41, 5.74) is 0.733. The highest BCUT2D eigenvalue weighted by Gasteiger charge is 2.23. The zero-order valence-electron chi connectivity index (χ0n) is 17.0. The topological polar surface area (TPSA) is 74.2 Å². The van der Waals surface area contributed by atoms with E-state index in [-0.39, 0.29) is 5.91 Å². The number of rotatable bonds is 4. The number of amides is 1. The van der Waals surface area contributed by atoms with Gasteiger partial charge in [-0.05, 0) is 47.2 Å². The Bertz CT molecular complexity index is 1190. The molecule has 0 atom stereocenters. The molecule has 5 rings (SSSR count). The SMILES string of the molecule is O=C(c1ccc2ccccc2c1)N1CCN(c2ccc(Nc3ccccn3)nn2)CC1. The molecule has 0 aliphatic carbocycles. The lowest BCUT2D eigenvalue weighted by atomic mass is 10.1. The third kappa shape index (κ3) is 4.16. The fourth-order valence-corrected chi connectivity index (χ4v) is 3.77. The Morgan fingerprint density at radius 3 is 2.32 bits per heavy atom. The van der Waals surface area contributed by atoms with E-state index in [0.29, 0.717) is 18.9 Å². The average Bonchev–Trinajstić information content (AvgIpc) is 2.84. The molecule has 1 aliphatic rings. The quantitative estimate of drug-likeness (QED) is 0.553. The number of nitrogens with one attached hydrogen (secondary N) is 1. The molecule has 154 valence electrons. The molecule has 1 fully saturated rings. The number of benzene rings is 2. The van der Waals surface area contributed by atoms with Crippen molar-refractivity contribution in [2.45, 2.75) is 0 Å². The van der Waals surface area contributed by atoms with Crippen LogP contribution in [0.15, 0.2) is 79.0 Å². The highest BCUT2D eigenvalue weighted by atomic mass is 16.2. The summed E-state index contributed by atoms with van der Waals surface area (Å²) in [6.07, 6.45) is 1.73. The second-order valence-corrected chi connectivity index (χ2v) is 7.46. The van der Waals surface area contributed by atoms with Gasteiger partial charge in [0.2, 0.25) is 0 Å². The van der Waals surface area contributed by atoms with Crippen molar-refractivity contribution in [1.82, 2.24) is 20.1 Å². The molecule has 0 radical (unpaired) electrons. The van der Waals surface area contributed by atoms with Crippen molar-refractivity contribution in [3.8, 4) is 0 Å². The summed E-state index contributed by atoms with van der Waals surface area (Å²) in [6.45, 7) is 2.75. The summed E-state index contributed by atoms with van der Waals surface area (Å²) in [5, 5.41) is 14.0. The maximum atomic E-state index is 13.0. The largest absolute Gasteiger partial charge is 0.352 e. The Labute approximate surface area is 180 Å². The van der Waals surface area contributed by atoms with Gasteiger partial charge in [-0.3, -0.25) is 4.79 Å². The number of piperazine rings is 1. The van der Waals surface area contributed by atoms with Crippen LogP contribution < -0.4 is 10.2 Å². The van der Waals surface area contributed by atoms with Gasteiger partial charge in [0, 0.05) is 37.9 Å². The van der Waals surface area contributed by atoms with Crippen molar-refractivity contribution in [3.63, 3.8) is 0 Å². The highest BCUT2D eigenvalue weighted by Crippen LogP contribution is 2.20.